The molecule has 0 bridgehead atoms. The lowest BCUT2D eigenvalue weighted by Crippen LogP contribution is -2.52. The van der Waals surface area contributed by atoms with Gasteiger partial charge in [-0.3, -0.25) is 4.90 Å². The van der Waals surface area contributed by atoms with Crippen LogP contribution in [-0.2, 0) is 0 Å². The number of hydrogen-bond acceptors (Lipinski definition) is 5. The molecule has 0 amide bonds. The number of aryl methyl sites for hydroxylation is 1. The summed E-state index contributed by atoms with van der Waals surface area (Å²) in [6.07, 6.45) is 7.22. The van der Waals surface area contributed by atoms with E-state index in [4.69, 9.17) is 0 Å². The number of nitrogens with zero attached hydrogens (tertiary/aromatic N) is 4. The summed E-state index contributed by atoms with van der Waals surface area (Å²) in [6, 6.07) is 2.05. The van der Waals surface area contributed by atoms with Crippen molar-refractivity contribution < 1.29 is 5.11 Å². The van der Waals surface area contributed by atoms with E-state index in [2.05, 4.69) is 19.8 Å². The molecule has 1 aliphatic carbocycles. The fourth-order valence-electron chi connectivity index (χ4n) is 3.53. The normalized spacial score (nSPS) is 23.2. The molecule has 0 unspecified atom stereocenters. The van der Waals surface area contributed by atoms with Crippen LogP contribution in [0.15, 0.2) is 12.4 Å². The van der Waals surface area contributed by atoms with E-state index >= 15 is 0 Å². The predicted octanol–water partition coefficient (Wildman–Crippen LogP) is 1.60. The first kappa shape index (κ1) is 14.7. The lowest BCUT2D eigenvalue weighted by molar-refractivity contribution is -0.0271. The zero-order chi connectivity index (χ0) is 14.7. The molecule has 116 valence electrons. The maximum Gasteiger partial charge on any atom is 0.132 e. The zero-order valence-electron chi connectivity index (χ0n) is 13.0. The van der Waals surface area contributed by atoms with Gasteiger partial charge in [0.05, 0.1) is 5.60 Å². The largest absolute Gasteiger partial charge is 0.389 e. The van der Waals surface area contributed by atoms with E-state index in [1.54, 1.807) is 6.33 Å². The van der Waals surface area contributed by atoms with E-state index in [1.807, 2.05) is 13.0 Å². The van der Waals surface area contributed by atoms with Crippen molar-refractivity contribution in [2.45, 2.75) is 44.6 Å². The smallest absolute Gasteiger partial charge is 0.132 e. The third kappa shape index (κ3) is 3.71. The first-order valence-electron chi connectivity index (χ1n) is 8.13. The van der Waals surface area contributed by atoms with Crippen LogP contribution in [-0.4, -0.2) is 58.3 Å². The zero-order valence-corrected chi connectivity index (χ0v) is 13.0. The Kier molecular flexibility index (Phi) is 4.40. The van der Waals surface area contributed by atoms with E-state index in [0.29, 0.717) is 0 Å². The van der Waals surface area contributed by atoms with Crippen molar-refractivity contribution >= 4 is 5.82 Å². The molecular formula is C16H26N4O. The van der Waals surface area contributed by atoms with Gasteiger partial charge in [0.15, 0.2) is 0 Å². The molecule has 1 saturated carbocycles. The Morgan fingerprint density at radius 2 is 1.81 bits per heavy atom. The number of rotatable bonds is 3. The first-order chi connectivity index (χ1) is 10.1. The summed E-state index contributed by atoms with van der Waals surface area (Å²) >= 11 is 0. The second-order valence-corrected chi connectivity index (χ2v) is 6.57. The highest BCUT2D eigenvalue weighted by Gasteiger charge is 2.32. The summed E-state index contributed by atoms with van der Waals surface area (Å²) in [6.45, 7) is 6.81. The van der Waals surface area contributed by atoms with Gasteiger partial charge >= 0.3 is 0 Å². The van der Waals surface area contributed by atoms with E-state index in [-0.39, 0.29) is 0 Å². The molecule has 5 nitrogen and oxygen atoms in total. The second kappa shape index (κ2) is 6.28. The number of piperazine rings is 1. The van der Waals surface area contributed by atoms with Crippen LogP contribution in [0.4, 0.5) is 5.82 Å². The number of aliphatic hydroxyl groups is 1. The molecule has 1 saturated heterocycles. The Balaban J connectivity index is 1.53. The van der Waals surface area contributed by atoms with Gasteiger partial charge in [-0.25, -0.2) is 9.97 Å². The molecule has 2 aliphatic rings. The number of aromatic nitrogens is 2. The highest BCUT2D eigenvalue weighted by molar-refractivity contribution is 5.39. The molecular weight excluding hydrogens is 264 g/mol. The Labute approximate surface area is 127 Å². The Hall–Kier alpha value is -1.20. The summed E-state index contributed by atoms with van der Waals surface area (Å²) < 4.78 is 0. The summed E-state index contributed by atoms with van der Waals surface area (Å²) in [7, 11) is 0. The van der Waals surface area contributed by atoms with Crippen LogP contribution in [0.2, 0.25) is 0 Å². The van der Waals surface area contributed by atoms with Gasteiger partial charge in [0.1, 0.15) is 12.1 Å². The number of anilines is 1. The highest BCUT2D eigenvalue weighted by Crippen LogP contribution is 2.29. The van der Waals surface area contributed by atoms with Crippen molar-refractivity contribution in [3.8, 4) is 0 Å². The van der Waals surface area contributed by atoms with Gasteiger partial charge in [0, 0.05) is 44.5 Å². The Morgan fingerprint density at radius 3 is 2.48 bits per heavy atom. The fourth-order valence-corrected chi connectivity index (χ4v) is 3.53. The average Bonchev–Trinajstić information content (AvgIpc) is 2.48. The van der Waals surface area contributed by atoms with Gasteiger partial charge < -0.3 is 10.0 Å². The SMILES string of the molecule is Cc1cc(N2CCN(CC3(O)CCCCC3)CC2)ncn1. The molecule has 2 heterocycles. The molecule has 1 aliphatic heterocycles. The molecule has 1 aromatic rings. The molecule has 1 N–H and O–H groups in total. The van der Waals surface area contributed by atoms with Gasteiger partial charge in [0.25, 0.3) is 0 Å². The predicted molar refractivity (Wildman–Crippen MR) is 83.5 cm³/mol. The Bertz CT molecular complexity index is 465. The van der Waals surface area contributed by atoms with Crippen LogP contribution in [0.25, 0.3) is 0 Å². The number of hydrogen-bond donors (Lipinski definition) is 1. The number of β-amino-alcohol motifs (C(OH)–C–C–N with tert-alkyl or cyclic N) is 1. The molecule has 0 atom stereocenters. The van der Waals surface area contributed by atoms with Crippen molar-refractivity contribution in [2.24, 2.45) is 0 Å². The monoisotopic (exact) mass is 290 g/mol. The fraction of sp³-hybridized carbons (Fsp3) is 0.750. The molecule has 21 heavy (non-hydrogen) atoms. The molecule has 2 fully saturated rings. The van der Waals surface area contributed by atoms with E-state index in [1.165, 1.54) is 19.3 Å². The summed E-state index contributed by atoms with van der Waals surface area (Å²) in [5.41, 5.74) is 0.574. The van der Waals surface area contributed by atoms with E-state index in [0.717, 1.165) is 57.1 Å². The van der Waals surface area contributed by atoms with E-state index < -0.39 is 5.60 Å². The average molecular weight is 290 g/mol. The molecule has 0 aromatic carbocycles. The van der Waals surface area contributed by atoms with Crippen LogP contribution >= 0.6 is 0 Å². The first-order valence-corrected chi connectivity index (χ1v) is 8.13. The molecule has 0 spiro atoms. The van der Waals surface area contributed by atoms with Crippen LogP contribution in [0.1, 0.15) is 37.8 Å². The minimum absolute atomic E-state index is 0.439. The lowest BCUT2D eigenvalue weighted by atomic mass is 9.84. The molecule has 5 heteroatoms. The van der Waals surface area contributed by atoms with Gasteiger partial charge in [-0.05, 0) is 19.8 Å². The minimum Gasteiger partial charge on any atom is -0.389 e. The van der Waals surface area contributed by atoms with Crippen molar-refractivity contribution in [2.75, 3.05) is 37.6 Å². The highest BCUT2D eigenvalue weighted by atomic mass is 16.3. The quantitative estimate of drug-likeness (QED) is 0.916. The standard InChI is InChI=1S/C16H26N4O/c1-14-11-15(18-13-17-14)20-9-7-19(8-10-20)12-16(21)5-3-2-4-6-16/h11,13,21H,2-10,12H2,1H3. The van der Waals surface area contributed by atoms with Crippen LogP contribution in [0, 0.1) is 6.92 Å². The maximum absolute atomic E-state index is 10.7. The van der Waals surface area contributed by atoms with Crippen LogP contribution in [0.3, 0.4) is 0 Å². The van der Waals surface area contributed by atoms with Crippen molar-refractivity contribution in [1.82, 2.24) is 14.9 Å². The van der Waals surface area contributed by atoms with Crippen LogP contribution in [0.5, 0.6) is 0 Å². The lowest BCUT2D eigenvalue weighted by Gasteiger charge is -2.41. The maximum atomic E-state index is 10.7. The van der Waals surface area contributed by atoms with Crippen molar-refractivity contribution in [3.63, 3.8) is 0 Å². The summed E-state index contributed by atoms with van der Waals surface area (Å²) in [5.74, 6) is 1.03. The minimum atomic E-state index is -0.439. The van der Waals surface area contributed by atoms with Crippen molar-refractivity contribution in [1.29, 1.82) is 0 Å². The third-order valence-corrected chi connectivity index (χ3v) is 4.79. The molecule has 0 radical (unpaired) electrons. The van der Waals surface area contributed by atoms with E-state index in [9.17, 15) is 5.11 Å². The van der Waals surface area contributed by atoms with Crippen LogP contribution < -0.4 is 4.90 Å². The Morgan fingerprint density at radius 1 is 1.10 bits per heavy atom. The molecule has 3 rings (SSSR count). The van der Waals surface area contributed by atoms with Gasteiger partial charge in [-0.2, -0.15) is 0 Å². The van der Waals surface area contributed by atoms with Gasteiger partial charge in [-0.15, -0.1) is 0 Å². The summed E-state index contributed by atoms with van der Waals surface area (Å²) in [4.78, 5) is 13.2. The van der Waals surface area contributed by atoms with Gasteiger partial charge in [-0.1, -0.05) is 19.3 Å². The van der Waals surface area contributed by atoms with Crippen molar-refractivity contribution in [3.05, 3.63) is 18.1 Å². The van der Waals surface area contributed by atoms with Gasteiger partial charge in [0.2, 0.25) is 0 Å². The second-order valence-electron chi connectivity index (χ2n) is 6.57. The topological polar surface area (TPSA) is 52.5 Å². The summed E-state index contributed by atoms with van der Waals surface area (Å²) in [5, 5.41) is 10.7. The third-order valence-electron chi connectivity index (χ3n) is 4.79. The molecule has 1 aromatic heterocycles.